The maximum absolute atomic E-state index is 12.3. The lowest BCUT2D eigenvalue weighted by atomic mass is 10.1. The summed E-state index contributed by atoms with van der Waals surface area (Å²) in [5.74, 6) is 0.387. The second-order valence-electron chi connectivity index (χ2n) is 6.80. The predicted molar refractivity (Wildman–Crippen MR) is 120 cm³/mol. The number of aryl methyl sites for hydroxylation is 2. The molecule has 7 nitrogen and oxygen atoms in total. The van der Waals surface area contributed by atoms with Crippen LogP contribution in [0.2, 0.25) is 0 Å². The van der Waals surface area contributed by atoms with E-state index in [0.717, 1.165) is 24.0 Å². The third-order valence-electron chi connectivity index (χ3n) is 3.97. The minimum atomic E-state index is -0.433. The first-order valence-electron chi connectivity index (χ1n) is 9.71. The fourth-order valence-corrected chi connectivity index (χ4v) is 2.74. The monoisotopic (exact) mass is 429 g/mol. The van der Waals surface area contributed by atoms with Crippen molar-refractivity contribution in [2.75, 3.05) is 13.2 Å². The fourth-order valence-electron chi connectivity index (χ4n) is 2.60. The zero-order valence-corrected chi connectivity index (χ0v) is 18.2. The van der Waals surface area contributed by atoms with Crippen LogP contribution < -0.4 is 25.6 Å². The molecule has 160 valence electrons. The molecule has 0 fully saturated rings. The molecule has 8 heteroatoms. The number of ether oxygens (including phenoxy) is 2. The van der Waals surface area contributed by atoms with Crippen molar-refractivity contribution in [1.29, 1.82) is 0 Å². The zero-order valence-electron chi connectivity index (χ0n) is 17.4. The normalized spacial score (nSPS) is 10.1. The van der Waals surface area contributed by atoms with Gasteiger partial charge in [-0.15, -0.1) is 0 Å². The molecule has 0 heterocycles. The third-order valence-corrected chi connectivity index (χ3v) is 4.17. The Labute approximate surface area is 182 Å². The van der Waals surface area contributed by atoms with Crippen molar-refractivity contribution in [2.24, 2.45) is 0 Å². The van der Waals surface area contributed by atoms with E-state index >= 15 is 0 Å². The van der Waals surface area contributed by atoms with Crippen LogP contribution in [0.3, 0.4) is 0 Å². The van der Waals surface area contributed by atoms with Crippen molar-refractivity contribution in [3.05, 3.63) is 59.2 Å². The number of nitrogens with one attached hydrogen (secondary N) is 3. The van der Waals surface area contributed by atoms with Gasteiger partial charge in [0.25, 0.3) is 11.8 Å². The Bertz CT molecular complexity index is 881. The second-order valence-corrected chi connectivity index (χ2v) is 7.21. The highest BCUT2D eigenvalue weighted by Gasteiger charge is 2.10. The van der Waals surface area contributed by atoms with Crippen molar-refractivity contribution < 1.29 is 19.1 Å². The van der Waals surface area contributed by atoms with E-state index in [4.69, 9.17) is 21.7 Å². The maximum atomic E-state index is 12.3. The van der Waals surface area contributed by atoms with Crippen LogP contribution in [0.25, 0.3) is 0 Å². The van der Waals surface area contributed by atoms with E-state index in [1.807, 2.05) is 32.0 Å². The van der Waals surface area contributed by atoms with E-state index in [9.17, 15) is 9.59 Å². The second kappa shape index (κ2) is 11.8. The predicted octanol–water partition coefficient (Wildman–Crippen LogP) is 3.20. The van der Waals surface area contributed by atoms with Crippen LogP contribution in [-0.4, -0.2) is 30.1 Å². The summed E-state index contributed by atoms with van der Waals surface area (Å²) < 4.78 is 11.1. The van der Waals surface area contributed by atoms with Crippen molar-refractivity contribution in [2.45, 2.75) is 33.6 Å². The van der Waals surface area contributed by atoms with Gasteiger partial charge >= 0.3 is 0 Å². The molecular weight excluding hydrogens is 402 g/mol. The van der Waals surface area contributed by atoms with Crippen LogP contribution in [-0.2, 0) is 4.79 Å². The average molecular weight is 430 g/mol. The Morgan fingerprint density at radius 3 is 2.40 bits per heavy atom. The van der Waals surface area contributed by atoms with Gasteiger partial charge in [-0.3, -0.25) is 25.8 Å². The van der Waals surface area contributed by atoms with Crippen LogP contribution in [0.5, 0.6) is 11.5 Å². The molecular formula is C22H27N3O4S. The van der Waals surface area contributed by atoms with E-state index in [0.29, 0.717) is 23.7 Å². The van der Waals surface area contributed by atoms with Crippen LogP contribution >= 0.6 is 12.2 Å². The lowest BCUT2D eigenvalue weighted by Gasteiger charge is -2.12. The lowest BCUT2D eigenvalue weighted by molar-refractivity contribution is -0.123. The molecule has 0 unspecified atom stereocenters. The van der Waals surface area contributed by atoms with Crippen molar-refractivity contribution >= 4 is 29.1 Å². The van der Waals surface area contributed by atoms with Crippen LogP contribution in [0.15, 0.2) is 42.5 Å². The highest BCUT2D eigenvalue weighted by atomic mass is 32.1. The molecule has 0 aliphatic carbocycles. The smallest absolute Gasteiger partial charge is 0.276 e. The third kappa shape index (κ3) is 8.08. The molecule has 30 heavy (non-hydrogen) atoms. The number of hydrogen-bond donors (Lipinski definition) is 3. The lowest BCUT2D eigenvalue weighted by Crippen LogP contribution is -2.49. The molecule has 2 rings (SSSR count). The summed E-state index contributed by atoms with van der Waals surface area (Å²) in [5.41, 5.74) is 7.37. The Morgan fingerprint density at radius 1 is 0.967 bits per heavy atom. The van der Waals surface area contributed by atoms with Gasteiger partial charge in [0, 0.05) is 5.56 Å². The number of amides is 2. The summed E-state index contributed by atoms with van der Waals surface area (Å²) in [5, 5.41) is 2.47. The summed E-state index contributed by atoms with van der Waals surface area (Å²) in [6, 6.07) is 12.5. The van der Waals surface area contributed by atoms with E-state index < -0.39 is 11.8 Å². The van der Waals surface area contributed by atoms with Crippen LogP contribution in [0.4, 0.5) is 0 Å². The average Bonchev–Trinajstić information content (AvgIpc) is 2.70. The Morgan fingerprint density at radius 2 is 1.70 bits per heavy atom. The zero-order chi connectivity index (χ0) is 21.9. The van der Waals surface area contributed by atoms with Gasteiger partial charge in [-0.2, -0.15) is 0 Å². The Balaban J connectivity index is 1.76. The molecule has 0 aliphatic rings. The van der Waals surface area contributed by atoms with Gasteiger partial charge in [0.1, 0.15) is 11.5 Å². The van der Waals surface area contributed by atoms with E-state index in [2.05, 4.69) is 23.1 Å². The van der Waals surface area contributed by atoms with E-state index in [1.54, 1.807) is 24.3 Å². The van der Waals surface area contributed by atoms with Gasteiger partial charge in [-0.1, -0.05) is 25.5 Å². The van der Waals surface area contributed by atoms with Gasteiger partial charge in [0.2, 0.25) is 0 Å². The standard InChI is InChI=1S/C22H27N3O4S/c1-4-5-9-28-18-8-6-7-17(13-18)21(27)23-22(30)25-24-20(26)14-29-19-11-15(2)10-16(3)12-19/h6-8,10-13H,4-5,9,14H2,1-3H3,(H,24,26)(H2,23,25,27,30). The topological polar surface area (TPSA) is 88.7 Å². The van der Waals surface area contributed by atoms with Crippen LogP contribution in [0.1, 0.15) is 41.3 Å². The van der Waals surface area contributed by atoms with Gasteiger partial charge in [0.05, 0.1) is 6.61 Å². The largest absolute Gasteiger partial charge is 0.494 e. The van der Waals surface area contributed by atoms with Crippen LogP contribution in [0, 0.1) is 13.8 Å². The summed E-state index contributed by atoms with van der Waals surface area (Å²) in [6.07, 6.45) is 1.97. The van der Waals surface area contributed by atoms with E-state index in [1.165, 1.54) is 0 Å². The van der Waals surface area contributed by atoms with Crippen molar-refractivity contribution in [3.8, 4) is 11.5 Å². The number of hydrogen-bond acceptors (Lipinski definition) is 5. The number of rotatable bonds is 8. The molecule has 0 atom stereocenters. The van der Waals surface area contributed by atoms with Gasteiger partial charge < -0.3 is 9.47 Å². The Hall–Kier alpha value is -3.13. The molecule has 0 bridgehead atoms. The Kier molecular flexibility index (Phi) is 9.08. The molecule has 2 amide bonds. The minimum Gasteiger partial charge on any atom is -0.494 e. The number of thiocarbonyl (C=S) groups is 1. The number of hydrazine groups is 1. The number of carbonyl (C=O) groups is 2. The summed E-state index contributed by atoms with van der Waals surface area (Å²) in [6.45, 7) is 6.39. The molecule has 0 saturated heterocycles. The van der Waals surface area contributed by atoms with Crippen molar-refractivity contribution in [3.63, 3.8) is 0 Å². The minimum absolute atomic E-state index is 0.0305. The fraction of sp³-hybridized carbons (Fsp3) is 0.318. The maximum Gasteiger partial charge on any atom is 0.276 e. The molecule has 0 radical (unpaired) electrons. The van der Waals surface area contributed by atoms with E-state index in [-0.39, 0.29) is 11.7 Å². The molecule has 3 N–H and O–H groups in total. The first-order chi connectivity index (χ1) is 14.4. The van der Waals surface area contributed by atoms with Gasteiger partial charge in [-0.25, -0.2) is 0 Å². The first kappa shape index (κ1) is 23.2. The SMILES string of the molecule is CCCCOc1cccc(C(=O)NC(=S)NNC(=O)COc2cc(C)cc(C)c2)c1. The molecule has 0 aromatic heterocycles. The number of benzene rings is 2. The molecule has 0 spiro atoms. The number of unbranched alkanes of at least 4 members (excludes halogenated alkanes) is 1. The molecule has 2 aromatic carbocycles. The van der Waals surface area contributed by atoms with Gasteiger partial charge in [0.15, 0.2) is 11.7 Å². The summed E-state index contributed by atoms with van der Waals surface area (Å²) >= 11 is 5.05. The summed E-state index contributed by atoms with van der Waals surface area (Å²) in [4.78, 5) is 24.3. The summed E-state index contributed by atoms with van der Waals surface area (Å²) in [7, 11) is 0. The molecule has 0 aliphatic heterocycles. The highest BCUT2D eigenvalue weighted by molar-refractivity contribution is 7.80. The quantitative estimate of drug-likeness (QED) is 0.339. The first-order valence-corrected chi connectivity index (χ1v) is 10.1. The van der Waals surface area contributed by atoms with Gasteiger partial charge in [-0.05, 0) is 73.9 Å². The van der Waals surface area contributed by atoms with Crippen molar-refractivity contribution in [1.82, 2.24) is 16.2 Å². The molecule has 2 aromatic rings. The molecule has 0 saturated carbocycles. The highest BCUT2D eigenvalue weighted by Crippen LogP contribution is 2.16. The number of carbonyl (C=O) groups excluding carboxylic acids is 2.